The molecule has 0 aromatic rings. The van der Waals surface area contributed by atoms with E-state index in [-0.39, 0.29) is 24.3 Å². The highest BCUT2D eigenvalue weighted by Crippen LogP contribution is 2.26. The van der Waals surface area contributed by atoms with Gasteiger partial charge in [0.15, 0.2) is 0 Å². The first kappa shape index (κ1) is 32.6. The molecule has 0 heterocycles. The number of hydrogen-bond acceptors (Lipinski definition) is 8. The molecule has 1 fully saturated rings. The minimum atomic E-state index is -1.11. The van der Waals surface area contributed by atoms with Gasteiger partial charge in [0.25, 0.3) is 0 Å². The van der Waals surface area contributed by atoms with E-state index in [4.69, 9.17) is 15.2 Å². The smallest absolute Gasteiger partial charge is 0.407 e. The number of alkyl carbamates (subject to hydrolysis) is 1. The van der Waals surface area contributed by atoms with Gasteiger partial charge in [-0.05, 0) is 79.2 Å². The van der Waals surface area contributed by atoms with Crippen LogP contribution in [0.1, 0.15) is 91.9 Å². The summed E-state index contributed by atoms with van der Waals surface area (Å²) >= 11 is 0. The number of nitrogens with two attached hydrogens (primary N) is 1. The maximum Gasteiger partial charge on any atom is 0.407 e. The van der Waals surface area contributed by atoms with Gasteiger partial charge in [0, 0.05) is 12.6 Å². The third-order valence-corrected chi connectivity index (χ3v) is 6.24. The third kappa shape index (κ3) is 13.6. The van der Waals surface area contributed by atoms with Crippen molar-refractivity contribution in [3.63, 3.8) is 0 Å². The van der Waals surface area contributed by atoms with Crippen molar-refractivity contribution >= 4 is 23.9 Å². The van der Waals surface area contributed by atoms with Crippen molar-refractivity contribution < 1.29 is 33.8 Å². The van der Waals surface area contributed by atoms with Crippen LogP contribution in [0.4, 0.5) is 4.79 Å². The Balaban J connectivity index is 2.70. The zero-order chi connectivity index (χ0) is 27.8. The fourth-order valence-electron chi connectivity index (χ4n) is 4.41. The molecule has 11 heteroatoms. The second-order valence-corrected chi connectivity index (χ2v) is 10.6. The van der Waals surface area contributed by atoms with Crippen LogP contribution in [0.3, 0.4) is 0 Å². The Morgan fingerprint density at radius 3 is 2.27 bits per heavy atom. The lowest BCUT2D eigenvalue weighted by atomic mass is 9.83. The topological polar surface area (TPSA) is 169 Å². The number of unbranched alkanes of at least 4 members (excludes halogenated alkanes) is 2. The maximum absolute atomic E-state index is 13.2. The molecule has 6 N–H and O–H groups in total. The van der Waals surface area contributed by atoms with Crippen LogP contribution >= 0.6 is 0 Å². The number of carbonyl (C=O) groups excluding carboxylic acids is 3. The molecule has 0 aliphatic heterocycles. The summed E-state index contributed by atoms with van der Waals surface area (Å²) in [6.45, 7) is 8.23. The first-order valence-corrected chi connectivity index (χ1v) is 13.6. The van der Waals surface area contributed by atoms with Crippen molar-refractivity contribution in [2.45, 2.75) is 116 Å². The highest BCUT2D eigenvalue weighted by atomic mass is 16.6. The van der Waals surface area contributed by atoms with Gasteiger partial charge in [0.1, 0.15) is 11.6 Å². The Kier molecular flexibility index (Phi) is 15.1. The van der Waals surface area contributed by atoms with Crippen LogP contribution in [-0.4, -0.2) is 72.5 Å². The number of esters is 1. The molecule has 1 aliphatic rings. The summed E-state index contributed by atoms with van der Waals surface area (Å²) < 4.78 is 10.4. The molecular weight excluding hydrogens is 480 g/mol. The van der Waals surface area contributed by atoms with Gasteiger partial charge < -0.3 is 36.3 Å². The maximum atomic E-state index is 13.2. The molecule has 1 saturated carbocycles. The minimum absolute atomic E-state index is 0.205. The third-order valence-electron chi connectivity index (χ3n) is 6.24. The van der Waals surface area contributed by atoms with Crippen molar-refractivity contribution in [3.8, 4) is 0 Å². The van der Waals surface area contributed by atoms with Crippen LogP contribution in [0.25, 0.3) is 0 Å². The van der Waals surface area contributed by atoms with E-state index in [2.05, 4.69) is 16.0 Å². The van der Waals surface area contributed by atoms with Gasteiger partial charge >= 0.3 is 18.0 Å². The van der Waals surface area contributed by atoms with E-state index in [1.54, 1.807) is 27.7 Å². The molecule has 0 saturated heterocycles. The monoisotopic (exact) mass is 528 g/mol. The summed E-state index contributed by atoms with van der Waals surface area (Å²) in [6, 6.07) is -1.90. The van der Waals surface area contributed by atoms with Crippen molar-refractivity contribution in [2.24, 2.45) is 11.7 Å². The highest BCUT2D eigenvalue weighted by molar-refractivity contribution is 5.87. The van der Waals surface area contributed by atoms with E-state index in [0.717, 1.165) is 25.7 Å². The standard InChI is InChI=1S/C26H48N4O7/c1-5-36-24(34)18-12-6-7-13-19(18)29-20(14-8-10-16-27)22(31)30-21(23(32)33)15-9-11-17-28-25(35)37-26(2,3)4/h18-21,29H,5-17,27H2,1-4H3,(H,28,35)(H,30,31)(H,32,33). The first-order chi connectivity index (χ1) is 17.5. The SMILES string of the molecule is CCOC(=O)C1CCCCC1NC(CCCCN)C(=O)NC(CCCCNC(=O)OC(C)(C)C)C(=O)O. The molecule has 0 aromatic carbocycles. The summed E-state index contributed by atoms with van der Waals surface area (Å²) in [5.41, 5.74) is 5.03. The number of ether oxygens (including phenoxy) is 2. The lowest BCUT2D eigenvalue weighted by Crippen LogP contribution is -2.55. The molecule has 1 rings (SSSR count). The fraction of sp³-hybridized carbons (Fsp3) is 0.846. The molecule has 0 bridgehead atoms. The zero-order valence-electron chi connectivity index (χ0n) is 23.0. The number of hydrogen-bond donors (Lipinski definition) is 5. The molecule has 1 aliphatic carbocycles. The Morgan fingerprint density at radius 2 is 1.65 bits per heavy atom. The molecule has 214 valence electrons. The van der Waals surface area contributed by atoms with Crippen molar-refractivity contribution in [3.05, 3.63) is 0 Å². The molecule has 4 unspecified atom stereocenters. The van der Waals surface area contributed by atoms with Gasteiger partial charge in [0.2, 0.25) is 5.91 Å². The molecule has 0 spiro atoms. The van der Waals surface area contributed by atoms with E-state index < -0.39 is 35.7 Å². The summed E-state index contributed by atoms with van der Waals surface area (Å²) in [6.07, 6.45) is 5.98. The number of carbonyl (C=O) groups is 4. The van der Waals surface area contributed by atoms with Gasteiger partial charge in [-0.2, -0.15) is 0 Å². The summed E-state index contributed by atoms with van der Waals surface area (Å²) in [7, 11) is 0. The second kappa shape index (κ2) is 17.2. The Hall–Kier alpha value is -2.40. The quantitative estimate of drug-likeness (QED) is 0.149. The summed E-state index contributed by atoms with van der Waals surface area (Å²) in [4.78, 5) is 49.2. The number of aliphatic carboxylic acids is 1. The predicted molar refractivity (Wildman–Crippen MR) is 140 cm³/mol. The number of rotatable bonds is 16. The van der Waals surface area contributed by atoms with Crippen molar-refractivity contribution in [2.75, 3.05) is 19.7 Å². The normalized spacial score (nSPS) is 19.4. The van der Waals surface area contributed by atoms with Gasteiger partial charge in [0.05, 0.1) is 18.6 Å². The lowest BCUT2D eigenvalue weighted by Gasteiger charge is -2.34. The van der Waals surface area contributed by atoms with E-state index >= 15 is 0 Å². The molecule has 4 atom stereocenters. The Labute approximate surface area is 221 Å². The van der Waals surface area contributed by atoms with E-state index in [1.165, 1.54) is 0 Å². The van der Waals surface area contributed by atoms with Crippen LogP contribution in [0.15, 0.2) is 0 Å². The van der Waals surface area contributed by atoms with Crippen LogP contribution in [0, 0.1) is 5.92 Å². The minimum Gasteiger partial charge on any atom is -0.480 e. The largest absolute Gasteiger partial charge is 0.480 e. The highest BCUT2D eigenvalue weighted by Gasteiger charge is 2.35. The van der Waals surface area contributed by atoms with Gasteiger partial charge in [-0.25, -0.2) is 9.59 Å². The summed E-state index contributed by atoms with van der Waals surface area (Å²) in [5, 5.41) is 18.3. The zero-order valence-corrected chi connectivity index (χ0v) is 23.0. The number of amides is 2. The fourth-order valence-corrected chi connectivity index (χ4v) is 4.41. The lowest BCUT2D eigenvalue weighted by molar-refractivity contribution is -0.150. The van der Waals surface area contributed by atoms with Crippen molar-refractivity contribution in [1.82, 2.24) is 16.0 Å². The van der Waals surface area contributed by atoms with Gasteiger partial charge in [-0.15, -0.1) is 0 Å². The molecule has 0 aromatic heterocycles. The van der Waals surface area contributed by atoms with Crippen LogP contribution in [0.2, 0.25) is 0 Å². The molecular formula is C26H48N4O7. The number of nitrogens with one attached hydrogen (secondary N) is 3. The Morgan fingerprint density at radius 1 is 1.00 bits per heavy atom. The molecule has 0 radical (unpaired) electrons. The van der Waals surface area contributed by atoms with E-state index in [9.17, 15) is 24.3 Å². The average molecular weight is 529 g/mol. The predicted octanol–water partition coefficient (Wildman–Crippen LogP) is 2.46. The van der Waals surface area contributed by atoms with Gasteiger partial charge in [-0.1, -0.05) is 19.3 Å². The molecule has 2 amide bonds. The number of carboxylic acid groups (broad SMARTS) is 1. The van der Waals surface area contributed by atoms with Crippen molar-refractivity contribution in [1.29, 1.82) is 0 Å². The first-order valence-electron chi connectivity index (χ1n) is 13.6. The molecule has 37 heavy (non-hydrogen) atoms. The van der Waals surface area contributed by atoms with Crippen LogP contribution in [-0.2, 0) is 23.9 Å². The van der Waals surface area contributed by atoms with Gasteiger partial charge in [-0.3, -0.25) is 9.59 Å². The van der Waals surface area contributed by atoms with Crippen LogP contribution in [0.5, 0.6) is 0 Å². The second-order valence-electron chi connectivity index (χ2n) is 10.6. The number of carboxylic acids is 1. The van der Waals surface area contributed by atoms with E-state index in [0.29, 0.717) is 51.8 Å². The van der Waals surface area contributed by atoms with E-state index in [1.807, 2.05) is 0 Å². The Bertz CT molecular complexity index is 726. The molecule has 11 nitrogen and oxygen atoms in total. The summed E-state index contributed by atoms with van der Waals surface area (Å²) in [5.74, 6) is -2.10. The average Bonchev–Trinajstić information content (AvgIpc) is 2.81. The van der Waals surface area contributed by atoms with Crippen LogP contribution < -0.4 is 21.7 Å².